The van der Waals surface area contributed by atoms with Gasteiger partial charge < -0.3 is 4.74 Å². The number of carbonyl (C=O) groups is 1. The Morgan fingerprint density at radius 1 is 1.43 bits per heavy atom. The third-order valence-electron chi connectivity index (χ3n) is 1.65. The molecule has 14 heavy (non-hydrogen) atoms. The third kappa shape index (κ3) is 3.12. The van der Waals surface area contributed by atoms with Gasteiger partial charge >= 0.3 is 5.97 Å². The zero-order valence-corrected chi connectivity index (χ0v) is 8.70. The summed E-state index contributed by atoms with van der Waals surface area (Å²) in [6.45, 7) is 5.88. The van der Waals surface area contributed by atoms with Crippen LogP contribution in [0.2, 0.25) is 0 Å². The van der Waals surface area contributed by atoms with E-state index in [1.807, 2.05) is 13.8 Å². The van der Waals surface area contributed by atoms with Crippen molar-refractivity contribution < 1.29 is 9.53 Å². The fourth-order valence-electron chi connectivity index (χ4n) is 1.24. The summed E-state index contributed by atoms with van der Waals surface area (Å²) in [6.07, 6.45) is 0.220. The molecule has 1 aromatic heterocycles. The highest BCUT2D eigenvalue weighted by Gasteiger charge is 2.06. The van der Waals surface area contributed by atoms with Crippen molar-refractivity contribution in [3.63, 3.8) is 0 Å². The van der Waals surface area contributed by atoms with Gasteiger partial charge in [-0.2, -0.15) is 0 Å². The molecular weight excluding hydrogens is 180 g/mol. The maximum atomic E-state index is 11.2. The van der Waals surface area contributed by atoms with Crippen LogP contribution in [0.3, 0.4) is 0 Å². The highest BCUT2D eigenvalue weighted by atomic mass is 16.5. The van der Waals surface area contributed by atoms with Gasteiger partial charge in [0.05, 0.1) is 18.7 Å². The molecule has 0 atom stereocenters. The fourth-order valence-corrected chi connectivity index (χ4v) is 1.24. The SMILES string of the molecule is CCOC(=O)Cc1cc(C)nc(C)n1. The van der Waals surface area contributed by atoms with E-state index in [1.54, 1.807) is 13.0 Å². The first-order valence-electron chi connectivity index (χ1n) is 4.58. The van der Waals surface area contributed by atoms with Gasteiger partial charge in [-0.3, -0.25) is 4.79 Å². The van der Waals surface area contributed by atoms with Crippen LogP contribution in [-0.4, -0.2) is 22.5 Å². The molecule has 0 N–H and O–H groups in total. The minimum Gasteiger partial charge on any atom is -0.466 e. The van der Waals surface area contributed by atoms with Crippen LogP contribution in [-0.2, 0) is 16.0 Å². The maximum absolute atomic E-state index is 11.2. The molecule has 0 aliphatic carbocycles. The number of ether oxygens (including phenoxy) is 1. The molecule has 0 saturated heterocycles. The molecule has 0 aliphatic heterocycles. The first-order chi connectivity index (χ1) is 6.61. The standard InChI is InChI=1S/C10H14N2O2/c1-4-14-10(13)6-9-5-7(2)11-8(3)12-9/h5H,4,6H2,1-3H3. The number of carbonyl (C=O) groups excluding carboxylic acids is 1. The Kier molecular flexibility index (Phi) is 3.56. The first-order valence-corrected chi connectivity index (χ1v) is 4.58. The normalized spacial score (nSPS) is 9.93. The molecule has 0 aromatic carbocycles. The molecule has 0 spiro atoms. The second-order valence-corrected chi connectivity index (χ2v) is 3.03. The van der Waals surface area contributed by atoms with E-state index < -0.39 is 0 Å². The molecule has 1 aromatic rings. The third-order valence-corrected chi connectivity index (χ3v) is 1.65. The number of hydrogen-bond donors (Lipinski definition) is 0. The van der Waals surface area contributed by atoms with Crippen LogP contribution in [0.4, 0.5) is 0 Å². The molecule has 0 amide bonds. The van der Waals surface area contributed by atoms with E-state index in [1.165, 1.54) is 0 Å². The van der Waals surface area contributed by atoms with Crippen molar-refractivity contribution in [2.24, 2.45) is 0 Å². The average Bonchev–Trinajstić information content (AvgIpc) is 2.01. The average molecular weight is 194 g/mol. The Labute approximate surface area is 83.3 Å². The Balaban J connectivity index is 2.71. The summed E-state index contributed by atoms with van der Waals surface area (Å²) < 4.78 is 4.83. The predicted molar refractivity (Wildman–Crippen MR) is 51.8 cm³/mol. The molecule has 4 heteroatoms. The van der Waals surface area contributed by atoms with Crippen LogP contribution in [0, 0.1) is 13.8 Å². The molecule has 1 heterocycles. The number of hydrogen-bond acceptors (Lipinski definition) is 4. The minimum absolute atomic E-state index is 0.220. The fraction of sp³-hybridized carbons (Fsp3) is 0.500. The van der Waals surface area contributed by atoms with Gasteiger partial charge in [0, 0.05) is 5.69 Å². The highest BCUT2D eigenvalue weighted by Crippen LogP contribution is 2.01. The summed E-state index contributed by atoms with van der Waals surface area (Å²) in [6, 6.07) is 1.80. The summed E-state index contributed by atoms with van der Waals surface area (Å²) in [4.78, 5) is 19.4. The minimum atomic E-state index is -0.245. The number of aromatic nitrogens is 2. The Bertz CT molecular complexity index is 317. The number of esters is 1. The Hall–Kier alpha value is -1.45. The van der Waals surface area contributed by atoms with Crippen molar-refractivity contribution in [3.8, 4) is 0 Å². The molecule has 0 saturated carbocycles. The van der Waals surface area contributed by atoms with Crippen LogP contribution < -0.4 is 0 Å². The lowest BCUT2D eigenvalue weighted by molar-refractivity contribution is -0.142. The van der Waals surface area contributed by atoms with Crippen molar-refractivity contribution in [2.45, 2.75) is 27.2 Å². The molecule has 1 rings (SSSR count). The van der Waals surface area contributed by atoms with Gasteiger partial charge in [0.1, 0.15) is 5.82 Å². The Morgan fingerprint density at radius 3 is 2.71 bits per heavy atom. The predicted octanol–water partition coefficient (Wildman–Crippen LogP) is 1.20. The van der Waals surface area contributed by atoms with E-state index in [9.17, 15) is 4.79 Å². The quantitative estimate of drug-likeness (QED) is 0.678. The lowest BCUT2D eigenvalue weighted by Crippen LogP contribution is -2.10. The highest BCUT2D eigenvalue weighted by molar-refractivity contribution is 5.71. The van der Waals surface area contributed by atoms with Crippen molar-refractivity contribution in [3.05, 3.63) is 23.3 Å². The van der Waals surface area contributed by atoms with Gasteiger partial charge in [0.25, 0.3) is 0 Å². The van der Waals surface area contributed by atoms with Crippen molar-refractivity contribution >= 4 is 5.97 Å². The summed E-state index contributed by atoms with van der Waals surface area (Å²) in [5.74, 6) is 0.439. The lowest BCUT2D eigenvalue weighted by Gasteiger charge is -2.03. The van der Waals surface area contributed by atoms with Crippen molar-refractivity contribution in [1.29, 1.82) is 0 Å². The molecule has 0 bridgehead atoms. The summed E-state index contributed by atoms with van der Waals surface area (Å²) in [5, 5.41) is 0. The van der Waals surface area contributed by atoms with Gasteiger partial charge in [-0.1, -0.05) is 0 Å². The summed E-state index contributed by atoms with van der Waals surface area (Å²) >= 11 is 0. The van der Waals surface area contributed by atoms with E-state index in [-0.39, 0.29) is 12.4 Å². The monoisotopic (exact) mass is 194 g/mol. The van der Waals surface area contributed by atoms with Crippen LogP contribution in [0.25, 0.3) is 0 Å². The van der Waals surface area contributed by atoms with Gasteiger partial charge in [-0.05, 0) is 26.8 Å². The van der Waals surface area contributed by atoms with E-state index >= 15 is 0 Å². The van der Waals surface area contributed by atoms with Crippen LogP contribution in [0.1, 0.15) is 24.1 Å². The van der Waals surface area contributed by atoms with Gasteiger partial charge in [0.15, 0.2) is 0 Å². The molecule has 76 valence electrons. The van der Waals surface area contributed by atoms with Gasteiger partial charge in [-0.15, -0.1) is 0 Å². The largest absolute Gasteiger partial charge is 0.466 e. The van der Waals surface area contributed by atoms with Crippen LogP contribution in [0.5, 0.6) is 0 Å². The first kappa shape index (κ1) is 10.6. The van der Waals surface area contributed by atoms with Gasteiger partial charge in [0.2, 0.25) is 0 Å². The molecule has 0 aliphatic rings. The maximum Gasteiger partial charge on any atom is 0.311 e. The van der Waals surface area contributed by atoms with E-state index in [0.717, 1.165) is 5.69 Å². The van der Waals surface area contributed by atoms with Gasteiger partial charge in [-0.25, -0.2) is 9.97 Å². The molecule has 0 fully saturated rings. The van der Waals surface area contributed by atoms with Crippen LogP contribution >= 0.6 is 0 Å². The van der Waals surface area contributed by atoms with E-state index in [0.29, 0.717) is 18.1 Å². The smallest absolute Gasteiger partial charge is 0.311 e. The van der Waals surface area contributed by atoms with E-state index in [2.05, 4.69) is 9.97 Å². The number of aryl methyl sites for hydroxylation is 2. The van der Waals surface area contributed by atoms with Crippen molar-refractivity contribution in [1.82, 2.24) is 9.97 Å². The second-order valence-electron chi connectivity index (χ2n) is 3.03. The molecule has 4 nitrogen and oxygen atoms in total. The summed E-state index contributed by atoms with van der Waals surface area (Å²) in [7, 11) is 0. The lowest BCUT2D eigenvalue weighted by atomic mass is 10.2. The zero-order valence-electron chi connectivity index (χ0n) is 8.70. The second kappa shape index (κ2) is 4.69. The van der Waals surface area contributed by atoms with Crippen molar-refractivity contribution in [2.75, 3.05) is 6.61 Å². The van der Waals surface area contributed by atoms with Crippen LogP contribution in [0.15, 0.2) is 6.07 Å². The number of rotatable bonds is 3. The summed E-state index contributed by atoms with van der Waals surface area (Å²) in [5.41, 5.74) is 1.59. The molecular formula is C10H14N2O2. The zero-order chi connectivity index (χ0) is 10.6. The molecule has 0 unspecified atom stereocenters. The molecule has 0 radical (unpaired) electrons. The Morgan fingerprint density at radius 2 is 2.14 bits per heavy atom. The number of nitrogens with zero attached hydrogens (tertiary/aromatic N) is 2. The van der Waals surface area contributed by atoms with E-state index in [4.69, 9.17) is 4.74 Å². The topological polar surface area (TPSA) is 52.1 Å².